The van der Waals surface area contributed by atoms with Gasteiger partial charge in [0, 0.05) is 48.2 Å². The molecule has 9 heteroatoms. The average Bonchev–Trinajstić information content (AvgIpc) is 3.72. The minimum Gasteiger partial charge on any atom is -0.497 e. The normalized spacial score (nSPS) is 21.8. The molecular formula is C34H34N4O4S. The van der Waals surface area contributed by atoms with Crippen molar-refractivity contribution in [2.45, 2.75) is 18.0 Å². The van der Waals surface area contributed by atoms with Crippen molar-refractivity contribution in [2.75, 3.05) is 38.6 Å². The van der Waals surface area contributed by atoms with Crippen LogP contribution in [0.15, 0.2) is 102 Å². The van der Waals surface area contributed by atoms with Crippen LogP contribution in [0.2, 0.25) is 0 Å². The molecule has 2 aliphatic heterocycles. The summed E-state index contributed by atoms with van der Waals surface area (Å²) in [5.41, 5.74) is 1.98. The second kappa shape index (κ2) is 12.8. The van der Waals surface area contributed by atoms with Crippen LogP contribution in [0.5, 0.6) is 5.75 Å². The number of nitrogens with zero attached hydrogens (tertiary/aromatic N) is 2. The monoisotopic (exact) mass is 594 g/mol. The summed E-state index contributed by atoms with van der Waals surface area (Å²) in [5, 5.41) is 8.28. The van der Waals surface area contributed by atoms with E-state index in [1.807, 2.05) is 83.1 Å². The van der Waals surface area contributed by atoms with Gasteiger partial charge in [-0.2, -0.15) is 0 Å². The summed E-state index contributed by atoms with van der Waals surface area (Å²) in [7, 11) is 1.59. The van der Waals surface area contributed by atoms with E-state index in [2.05, 4.69) is 10.6 Å². The Morgan fingerprint density at radius 1 is 0.860 bits per heavy atom. The Kier molecular flexibility index (Phi) is 8.53. The summed E-state index contributed by atoms with van der Waals surface area (Å²) in [5.74, 6) is -0.831. The third-order valence-corrected chi connectivity index (χ3v) is 9.25. The number of rotatable bonds is 7. The molecule has 8 nitrogen and oxygen atoms in total. The van der Waals surface area contributed by atoms with E-state index in [-0.39, 0.29) is 11.7 Å². The highest BCUT2D eigenvalue weighted by molar-refractivity contribution is 7.10. The van der Waals surface area contributed by atoms with Crippen LogP contribution >= 0.6 is 11.3 Å². The molecule has 3 aromatic carbocycles. The molecule has 3 amide bonds. The lowest BCUT2D eigenvalue weighted by molar-refractivity contribution is -0.136. The zero-order chi connectivity index (χ0) is 29.8. The first-order valence-electron chi connectivity index (χ1n) is 14.5. The molecule has 0 aliphatic carbocycles. The van der Waals surface area contributed by atoms with Gasteiger partial charge in [0.15, 0.2) is 5.78 Å². The van der Waals surface area contributed by atoms with Crippen LogP contribution in [-0.4, -0.2) is 66.9 Å². The van der Waals surface area contributed by atoms with Gasteiger partial charge >= 0.3 is 6.03 Å². The van der Waals surface area contributed by atoms with Crippen LogP contribution in [0.25, 0.3) is 0 Å². The number of urea groups is 1. The van der Waals surface area contributed by atoms with Crippen LogP contribution in [0.1, 0.15) is 32.8 Å². The van der Waals surface area contributed by atoms with E-state index >= 15 is 0 Å². The molecule has 2 saturated heterocycles. The molecule has 43 heavy (non-hydrogen) atoms. The number of ketones is 1. The minimum atomic E-state index is -0.900. The van der Waals surface area contributed by atoms with Crippen molar-refractivity contribution in [1.82, 2.24) is 15.1 Å². The Hall–Kier alpha value is -4.47. The minimum absolute atomic E-state index is 0.0919. The summed E-state index contributed by atoms with van der Waals surface area (Å²) in [6.07, 6.45) is 0. The van der Waals surface area contributed by atoms with E-state index in [1.54, 1.807) is 36.3 Å². The highest BCUT2D eigenvalue weighted by atomic mass is 32.1. The molecule has 3 heterocycles. The fourth-order valence-electron chi connectivity index (χ4n) is 6.31. The Morgan fingerprint density at radius 2 is 1.53 bits per heavy atom. The summed E-state index contributed by atoms with van der Waals surface area (Å²) in [6, 6.07) is 27.8. The van der Waals surface area contributed by atoms with Gasteiger partial charge in [0.2, 0.25) is 5.91 Å². The summed E-state index contributed by atoms with van der Waals surface area (Å²) < 4.78 is 5.29. The molecule has 4 atom stereocenters. The lowest BCUT2D eigenvalue weighted by Crippen LogP contribution is -2.55. The van der Waals surface area contributed by atoms with Crippen molar-refractivity contribution in [3.05, 3.63) is 118 Å². The average molecular weight is 595 g/mol. The molecule has 1 aromatic heterocycles. The second-order valence-corrected chi connectivity index (χ2v) is 11.7. The zero-order valence-corrected chi connectivity index (χ0v) is 24.7. The molecule has 0 saturated carbocycles. The maximum Gasteiger partial charge on any atom is 0.323 e. The standard InChI is InChI=1S/C34H34N4O4S/c1-42-26-16-14-25(15-17-26)36-34(41)38-30(27-13-8-22-43-27)29(32(39)24-11-6-3-7-12-24)28(23-9-4-2-5-10-23)31(38)33(40)37-20-18-35-19-21-37/h2-17,22,28-31,35H,18-21H2,1H3,(H,36,41). The number of methoxy groups -OCH3 is 1. The van der Waals surface area contributed by atoms with Crippen molar-refractivity contribution >= 4 is 34.7 Å². The van der Waals surface area contributed by atoms with Gasteiger partial charge in [-0.25, -0.2) is 4.79 Å². The lowest BCUT2D eigenvalue weighted by atomic mass is 9.77. The maximum atomic E-state index is 14.6. The highest BCUT2D eigenvalue weighted by Crippen LogP contribution is 2.52. The molecule has 0 bridgehead atoms. The number of piperazine rings is 1. The molecule has 6 rings (SSSR count). The lowest BCUT2D eigenvalue weighted by Gasteiger charge is -2.36. The maximum absolute atomic E-state index is 14.6. The first-order valence-corrected chi connectivity index (χ1v) is 15.4. The third kappa shape index (κ3) is 5.78. The molecular weight excluding hydrogens is 560 g/mol. The van der Waals surface area contributed by atoms with Crippen molar-refractivity contribution in [3.63, 3.8) is 0 Å². The van der Waals surface area contributed by atoms with Gasteiger partial charge in [-0.05, 0) is 41.3 Å². The SMILES string of the molecule is COc1ccc(NC(=O)N2C(C(=O)N3CCNCC3)C(c3ccccc3)C(C(=O)c3ccccc3)C2c2cccs2)cc1. The Balaban J connectivity index is 1.52. The fourth-order valence-corrected chi connectivity index (χ4v) is 7.18. The molecule has 2 N–H and O–H groups in total. The first-order chi connectivity index (χ1) is 21.1. The molecule has 220 valence electrons. The topological polar surface area (TPSA) is 91.0 Å². The van der Waals surface area contributed by atoms with Gasteiger partial charge in [0.25, 0.3) is 0 Å². The number of anilines is 1. The number of carbonyl (C=O) groups is 3. The number of ether oxygens (including phenoxy) is 1. The van der Waals surface area contributed by atoms with E-state index in [9.17, 15) is 14.4 Å². The van der Waals surface area contributed by atoms with Gasteiger partial charge in [0.1, 0.15) is 11.8 Å². The highest BCUT2D eigenvalue weighted by Gasteiger charge is 2.58. The van der Waals surface area contributed by atoms with Crippen LogP contribution in [0.3, 0.4) is 0 Å². The molecule has 0 spiro atoms. The predicted molar refractivity (Wildman–Crippen MR) is 168 cm³/mol. The number of benzene rings is 3. The number of carbonyl (C=O) groups excluding carboxylic acids is 3. The molecule has 4 unspecified atom stereocenters. The summed E-state index contributed by atoms with van der Waals surface area (Å²) in [4.78, 5) is 48.0. The predicted octanol–water partition coefficient (Wildman–Crippen LogP) is 5.43. The van der Waals surface area contributed by atoms with Crippen molar-refractivity contribution < 1.29 is 19.1 Å². The van der Waals surface area contributed by atoms with E-state index < -0.39 is 30.0 Å². The van der Waals surface area contributed by atoms with E-state index in [0.29, 0.717) is 43.2 Å². The number of Topliss-reactive ketones (excluding diaryl/α,β-unsaturated/α-hetero) is 1. The van der Waals surface area contributed by atoms with E-state index in [1.165, 1.54) is 11.3 Å². The van der Waals surface area contributed by atoms with E-state index in [0.717, 1.165) is 10.4 Å². The second-order valence-electron chi connectivity index (χ2n) is 10.7. The van der Waals surface area contributed by atoms with Crippen LogP contribution in [-0.2, 0) is 4.79 Å². The van der Waals surface area contributed by atoms with Gasteiger partial charge in [-0.3, -0.25) is 9.59 Å². The molecule has 4 aromatic rings. The number of nitrogens with one attached hydrogen (secondary N) is 2. The number of thiophene rings is 1. The third-order valence-electron chi connectivity index (χ3n) is 8.30. The number of amides is 3. The van der Waals surface area contributed by atoms with Crippen LogP contribution < -0.4 is 15.4 Å². The van der Waals surface area contributed by atoms with E-state index in [4.69, 9.17) is 4.74 Å². The smallest absolute Gasteiger partial charge is 0.323 e. The van der Waals surface area contributed by atoms with Gasteiger partial charge in [-0.1, -0.05) is 66.7 Å². The Bertz CT molecular complexity index is 1540. The number of hydrogen-bond donors (Lipinski definition) is 2. The van der Waals surface area contributed by atoms with Crippen LogP contribution in [0, 0.1) is 5.92 Å². The largest absolute Gasteiger partial charge is 0.497 e. The first kappa shape index (κ1) is 28.6. The van der Waals surface area contributed by atoms with Crippen molar-refractivity contribution in [1.29, 1.82) is 0 Å². The fraction of sp³-hybridized carbons (Fsp3) is 0.265. The molecule has 0 radical (unpaired) electrons. The summed E-state index contributed by atoms with van der Waals surface area (Å²) >= 11 is 1.49. The van der Waals surface area contributed by atoms with Gasteiger partial charge in [-0.15, -0.1) is 11.3 Å². The summed E-state index contributed by atoms with van der Waals surface area (Å²) in [6.45, 7) is 2.41. The Morgan fingerprint density at radius 3 is 2.16 bits per heavy atom. The Labute approximate surface area is 255 Å². The van der Waals surface area contributed by atoms with Crippen molar-refractivity contribution in [3.8, 4) is 5.75 Å². The number of hydrogen-bond acceptors (Lipinski definition) is 6. The zero-order valence-electron chi connectivity index (χ0n) is 23.9. The van der Waals surface area contributed by atoms with Gasteiger partial charge < -0.3 is 25.2 Å². The van der Waals surface area contributed by atoms with Gasteiger partial charge in [0.05, 0.1) is 19.1 Å². The quantitative estimate of drug-likeness (QED) is 0.279. The van der Waals surface area contributed by atoms with Crippen molar-refractivity contribution in [2.24, 2.45) is 5.92 Å². The van der Waals surface area contributed by atoms with Crippen LogP contribution in [0.4, 0.5) is 10.5 Å². The number of likely N-dealkylation sites (tertiary alicyclic amines) is 1. The molecule has 2 aliphatic rings. The molecule has 2 fully saturated rings.